The van der Waals surface area contributed by atoms with Crippen LogP contribution in [-0.2, 0) is 5.88 Å². The minimum atomic E-state index is -2.67. The molecule has 0 radical (unpaired) electrons. The summed E-state index contributed by atoms with van der Waals surface area (Å²) in [6.45, 7) is 0. The van der Waals surface area contributed by atoms with Gasteiger partial charge in [0, 0.05) is 11.8 Å². The first-order chi connectivity index (χ1) is 6.20. The summed E-state index contributed by atoms with van der Waals surface area (Å²) in [5, 5.41) is 8.60. The minimum Gasteiger partial charge on any atom is -0.259 e. The van der Waals surface area contributed by atoms with Crippen molar-refractivity contribution >= 4 is 11.6 Å². The van der Waals surface area contributed by atoms with Crippen molar-refractivity contribution in [3.63, 3.8) is 0 Å². The van der Waals surface area contributed by atoms with E-state index in [0.29, 0.717) is 0 Å². The number of nitrogens with zero attached hydrogens (tertiary/aromatic N) is 2. The molecule has 1 rings (SSSR count). The van der Waals surface area contributed by atoms with Crippen LogP contribution in [-0.4, -0.2) is 4.98 Å². The predicted octanol–water partition coefficient (Wildman–Crippen LogP) is 2.63. The van der Waals surface area contributed by atoms with Crippen molar-refractivity contribution in [2.24, 2.45) is 0 Å². The molecule has 2 nitrogen and oxygen atoms in total. The van der Waals surface area contributed by atoms with Crippen LogP contribution in [0.3, 0.4) is 0 Å². The molecule has 1 heterocycles. The SMILES string of the molecule is N#Cc1c(C(F)F)ccnc1CCl. The largest absolute Gasteiger partial charge is 0.265 e. The second-order valence-electron chi connectivity index (χ2n) is 2.27. The first-order valence-corrected chi connectivity index (χ1v) is 3.96. The van der Waals surface area contributed by atoms with E-state index in [2.05, 4.69) is 4.98 Å². The van der Waals surface area contributed by atoms with Crippen LogP contribution in [0.4, 0.5) is 8.78 Å². The van der Waals surface area contributed by atoms with Gasteiger partial charge in [-0.15, -0.1) is 11.6 Å². The van der Waals surface area contributed by atoms with E-state index in [4.69, 9.17) is 16.9 Å². The molecule has 5 heteroatoms. The second kappa shape index (κ2) is 4.15. The monoisotopic (exact) mass is 202 g/mol. The van der Waals surface area contributed by atoms with Gasteiger partial charge in [0.15, 0.2) is 0 Å². The Labute approximate surface area is 78.8 Å². The van der Waals surface area contributed by atoms with E-state index in [1.54, 1.807) is 6.07 Å². The number of pyridine rings is 1. The van der Waals surface area contributed by atoms with Crippen LogP contribution in [0.1, 0.15) is 23.2 Å². The van der Waals surface area contributed by atoms with Gasteiger partial charge in [0.05, 0.1) is 17.1 Å². The maximum atomic E-state index is 12.3. The first-order valence-electron chi connectivity index (χ1n) is 3.42. The van der Waals surface area contributed by atoms with Crippen molar-refractivity contribution in [2.45, 2.75) is 12.3 Å². The van der Waals surface area contributed by atoms with Gasteiger partial charge in [-0.3, -0.25) is 4.98 Å². The number of halogens is 3. The fourth-order valence-corrected chi connectivity index (χ4v) is 1.14. The summed E-state index contributed by atoms with van der Waals surface area (Å²) in [5.41, 5.74) is -0.234. The average Bonchev–Trinajstić information content (AvgIpc) is 2.16. The molecule has 1 aromatic rings. The summed E-state index contributed by atoms with van der Waals surface area (Å²) in [7, 11) is 0. The molecule has 13 heavy (non-hydrogen) atoms. The third kappa shape index (κ3) is 1.93. The molecule has 0 aliphatic carbocycles. The first kappa shape index (κ1) is 9.87. The zero-order valence-electron chi connectivity index (χ0n) is 6.47. The molecule has 0 bridgehead atoms. The molecule has 0 spiro atoms. The van der Waals surface area contributed by atoms with Crippen molar-refractivity contribution in [1.82, 2.24) is 4.98 Å². The van der Waals surface area contributed by atoms with Crippen molar-refractivity contribution < 1.29 is 8.78 Å². The van der Waals surface area contributed by atoms with Crippen molar-refractivity contribution in [1.29, 1.82) is 5.26 Å². The molecule has 0 atom stereocenters. The van der Waals surface area contributed by atoms with Crippen molar-refractivity contribution in [2.75, 3.05) is 0 Å². The van der Waals surface area contributed by atoms with E-state index < -0.39 is 6.43 Å². The summed E-state index contributed by atoms with van der Waals surface area (Å²) in [5.74, 6) is -0.0382. The molecule has 68 valence electrons. The highest BCUT2D eigenvalue weighted by molar-refractivity contribution is 6.17. The number of nitriles is 1. The van der Waals surface area contributed by atoms with Crippen LogP contribution in [0.2, 0.25) is 0 Å². The normalized spacial score (nSPS) is 10.1. The molecule has 0 aliphatic rings. The lowest BCUT2D eigenvalue weighted by molar-refractivity contribution is 0.151. The molecular weight excluding hydrogens is 198 g/mol. The molecule has 0 N–H and O–H groups in total. The second-order valence-corrected chi connectivity index (χ2v) is 2.54. The number of hydrogen-bond donors (Lipinski definition) is 0. The lowest BCUT2D eigenvalue weighted by Gasteiger charge is -2.04. The Kier molecular flexibility index (Phi) is 3.15. The molecule has 0 saturated carbocycles. The van der Waals surface area contributed by atoms with Crippen molar-refractivity contribution in [3.05, 3.63) is 29.1 Å². The number of aromatic nitrogens is 1. The van der Waals surface area contributed by atoms with Gasteiger partial charge in [-0.05, 0) is 6.07 Å². The molecule has 1 aromatic heterocycles. The van der Waals surface area contributed by atoms with Crippen molar-refractivity contribution in [3.8, 4) is 6.07 Å². The summed E-state index contributed by atoms with van der Waals surface area (Å²) < 4.78 is 24.6. The number of rotatable bonds is 2. The topological polar surface area (TPSA) is 36.7 Å². The van der Waals surface area contributed by atoms with E-state index >= 15 is 0 Å². The lowest BCUT2D eigenvalue weighted by atomic mass is 10.1. The zero-order valence-corrected chi connectivity index (χ0v) is 7.22. The summed E-state index contributed by atoms with van der Waals surface area (Å²) in [4.78, 5) is 3.72. The third-order valence-corrected chi connectivity index (χ3v) is 1.79. The Balaban J connectivity index is 3.29. The Morgan fingerprint density at radius 2 is 2.31 bits per heavy atom. The van der Waals surface area contributed by atoms with Gasteiger partial charge in [0.2, 0.25) is 0 Å². The molecule has 0 amide bonds. The van der Waals surface area contributed by atoms with Gasteiger partial charge < -0.3 is 0 Å². The smallest absolute Gasteiger partial charge is 0.259 e. The van der Waals surface area contributed by atoms with Gasteiger partial charge in [-0.25, -0.2) is 8.78 Å². The number of hydrogen-bond acceptors (Lipinski definition) is 2. The lowest BCUT2D eigenvalue weighted by Crippen LogP contribution is -1.97. The van der Waals surface area contributed by atoms with Gasteiger partial charge in [0.1, 0.15) is 6.07 Å². The zero-order chi connectivity index (χ0) is 9.84. The van der Waals surface area contributed by atoms with E-state index in [-0.39, 0.29) is 22.7 Å². The molecule has 0 aromatic carbocycles. The fourth-order valence-electron chi connectivity index (χ4n) is 0.934. The highest BCUT2D eigenvalue weighted by Gasteiger charge is 2.15. The summed E-state index contributed by atoms with van der Waals surface area (Å²) in [6, 6.07) is 2.79. The Bertz CT molecular complexity index is 346. The maximum absolute atomic E-state index is 12.3. The van der Waals surface area contributed by atoms with Crippen LogP contribution in [0, 0.1) is 11.3 Å². The highest BCUT2D eigenvalue weighted by Crippen LogP contribution is 2.24. The summed E-state index contributed by atoms with van der Waals surface area (Å²) >= 11 is 5.43. The molecule has 0 aliphatic heterocycles. The molecule has 0 saturated heterocycles. The van der Waals surface area contributed by atoms with Crippen LogP contribution >= 0.6 is 11.6 Å². The van der Waals surface area contributed by atoms with Gasteiger partial charge in [0.25, 0.3) is 6.43 Å². The fraction of sp³-hybridized carbons (Fsp3) is 0.250. The van der Waals surface area contributed by atoms with Crippen LogP contribution < -0.4 is 0 Å². The van der Waals surface area contributed by atoms with E-state index in [9.17, 15) is 8.78 Å². The average molecular weight is 203 g/mol. The van der Waals surface area contributed by atoms with Crippen LogP contribution in [0.5, 0.6) is 0 Å². The van der Waals surface area contributed by atoms with E-state index in [0.717, 1.165) is 6.07 Å². The quantitative estimate of drug-likeness (QED) is 0.692. The van der Waals surface area contributed by atoms with Crippen LogP contribution in [0.25, 0.3) is 0 Å². The maximum Gasteiger partial charge on any atom is 0.265 e. The minimum absolute atomic E-state index is 0.0382. The third-order valence-electron chi connectivity index (χ3n) is 1.54. The Morgan fingerprint density at radius 3 is 2.77 bits per heavy atom. The van der Waals surface area contributed by atoms with Gasteiger partial charge >= 0.3 is 0 Å². The van der Waals surface area contributed by atoms with E-state index in [1.165, 1.54) is 6.20 Å². The van der Waals surface area contributed by atoms with Gasteiger partial charge in [-0.2, -0.15) is 5.26 Å². The van der Waals surface area contributed by atoms with E-state index in [1.807, 2.05) is 0 Å². The summed E-state index contributed by atoms with van der Waals surface area (Å²) in [6.07, 6.45) is -1.44. The molecule has 0 unspecified atom stereocenters. The number of alkyl halides is 3. The Hall–Kier alpha value is -1.21. The molecular formula is C8H5ClF2N2. The van der Waals surface area contributed by atoms with Gasteiger partial charge in [-0.1, -0.05) is 0 Å². The molecule has 0 fully saturated rings. The highest BCUT2D eigenvalue weighted by atomic mass is 35.5. The predicted molar refractivity (Wildman–Crippen MR) is 43.5 cm³/mol. The standard InChI is InChI=1S/C8H5ClF2N2/c9-3-7-6(4-12)5(8(10)11)1-2-13-7/h1-2,8H,3H2. The van der Waals surface area contributed by atoms with Crippen LogP contribution in [0.15, 0.2) is 12.3 Å². The Morgan fingerprint density at radius 1 is 1.62 bits per heavy atom.